The third kappa shape index (κ3) is 3.10. The Morgan fingerprint density at radius 1 is 1.09 bits per heavy atom. The topological polar surface area (TPSA) is 46.1 Å². The number of carbonyl (C=O) groups is 1. The van der Waals surface area contributed by atoms with Crippen LogP contribution in [0.25, 0.3) is 11.0 Å². The molecule has 0 bridgehead atoms. The highest BCUT2D eigenvalue weighted by molar-refractivity contribution is 7.10. The number of aromatic nitrogens is 2. The van der Waals surface area contributed by atoms with E-state index in [9.17, 15) is 4.79 Å². The van der Waals surface area contributed by atoms with Gasteiger partial charge in [-0.2, -0.15) is 0 Å². The Bertz CT molecular complexity index is 885. The lowest BCUT2D eigenvalue weighted by molar-refractivity contribution is 0.0786. The number of hydrogen-bond donors (Lipinski definition) is 0. The normalized spacial score (nSPS) is 11.0. The molecule has 0 aliphatic heterocycles. The first kappa shape index (κ1) is 15.6. The minimum Gasteiger partial charge on any atom is -0.337 e. The molecule has 0 aliphatic carbocycles. The van der Waals surface area contributed by atoms with Crippen LogP contribution in [0.5, 0.6) is 0 Å². The number of benzene rings is 1. The van der Waals surface area contributed by atoms with Crippen molar-refractivity contribution in [3.8, 4) is 0 Å². The van der Waals surface area contributed by atoms with Crippen LogP contribution in [0.3, 0.4) is 0 Å². The zero-order valence-electron chi connectivity index (χ0n) is 13.8. The molecule has 0 fully saturated rings. The summed E-state index contributed by atoms with van der Waals surface area (Å²) in [6.45, 7) is 6.57. The Kier molecular flexibility index (Phi) is 4.13. The summed E-state index contributed by atoms with van der Waals surface area (Å²) in [6, 6.07) is 7.60. The van der Waals surface area contributed by atoms with Gasteiger partial charge in [0.25, 0.3) is 5.91 Å². The van der Waals surface area contributed by atoms with Gasteiger partial charge in [-0.3, -0.25) is 4.79 Å². The summed E-state index contributed by atoms with van der Waals surface area (Å²) >= 11 is 1.68. The molecule has 2 aromatic heterocycles. The molecule has 0 saturated heterocycles. The fourth-order valence-electron chi connectivity index (χ4n) is 2.44. The van der Waals surface area contributed by atoms with Crippen molar-refractivity contribution in [3.05, 3.63) is 57.0 Å². The van der Waals surface area contributed by atoms with Crippen LogP contribution in [-0.2, 0) is 6.54 Å². The summed E-state index contributed by atoms with van der Waals surface area (Å²) in [6.07, 6.45) is 0. The number of rotatable bonds is 3. The van der Waals surface area contributed by atoms with E-state index >= 15 is 0 Å². The molecular formula is C18H19N3OS. The minimum atomic E-state index is -0.000252. The fraction of sp³-hybridized carbons (Fsp3) is 0.278. The Balaban J connectivity index is 1.88. The third-order valence-corrected chi connectivity index (χ3v) is 5.03. The Hall–Kier alpha value is -2.27. The van der Waals surface area contributed by atoms with E-state index in [1.54, 1.807) is 16.2 Å². The maximum atomic E-state index is 12.7. The van der Waals surface area contributed by atoms with Gasteiger partial charge in [0.05, 0.1) is 29.0 Å². The lowest BCUT2D eigenvalue weighted by atomic mass is 10.1. The first-order valence-corrected chi connectivity index (χ1v) is 8.37. The minimum absolute atomic E-state index is 0.000252. The van der Waals surface area contributed by atoms with E-state index in [0.29, 0.717) is 12.1 Å². The van der Waals surface area contributed by atoms with E-state index in [1.807, 2.05) is 39.1 Å². The van der Waals surface area contributed by atoms with Crippen LogP contribution >= 0.6 is 11.3 Å². The van der Waals surface area contributed by atoms with Crippen molar-refractivity contribution in [2.45, 2.75) is 27.3 Å². The largest absolute Gasteiger partial charge is 0.337 e. The number of carbonyl (C=O) groups excluding carboxylic acids is 1. The molecular weight excluding hydrogens is 306 g/mol. The molecule has 0 N–H and O–H groups in total. The Labute approximate surface area is 139 Å². The van der Waals surface area contributed by atoms with Gasteiger partial charge in [0.2, 0.25) is 0 Å². The molecule has 2 heterocycles. The highest BCUT2D eigenvalue weighted by atomic mass is 32.1. The Morgan fingerprint density at radius 2 is 1.78 bits per heavy atom. The maximum Gasteiger partial charge on any atom is 0.254 e. The second kappa shape index (κ2) is 6.08. The summed E-state index contributed by atoms with van der Waals surface area (Å²) < 4.78 is 0. The Morgan fingerprint density at radius 3 is 2.43 bits per heavy atom. The van der Waals surface area contributed by atoms with Crippen molar-refractivity contribution >= 4 is 28.3 Å². The van der Waals surface area contributed by atoms with E-state index < -0.39 is 0 Å². The fourth-order valence-corrected chi connectivity index (χ4v) is 3.40. The number of hydrogen-bond acceptors (Lipinski definition) is 4. The van der Waals surface area contributed by atoms with Crippen LogP contribution in [-0.4, -0.2) is 27.8 Å². The predicted octanol–water partition coefficient (Wildman–Crippen LogP) is 3.89. The van der Waals surface area contributed by atoms with Gasteiger partial charge in [0.1, 0.15) is 0 Å². The second-order valence-electron chi connectivity index (χ2n) is 5.79. The molecule has 0 aliphatic rings. The maximum absolute atomic E-state index is 12.7. The molecule has 1 aromatic carbocycles. The van der Waals surface area contributed by atoms with Crippen LogP contribution in [0.1, 0.15) is 32.2 Å². The van der Waals surface area contributed by atoms with Gasteiger partial charge in [-0.15, -0.1) is 11.3 Å². The van der Waals surface area contributed by atoms with E-state index in [2.05, 4.69) is 28.3 Å². The van der Waals surface area contributed by atoms with Gasteiger partial charge in [-0.05, 0) is 56.0 Å². The molecule has 118 valence electrons. The standard InChI is InChI=1S/C18H19N3OS/c1-11-7-8-23-17(11)10-21(4)18(22)14-5-6-15-16(9-14)20-13(3)12(2)19-15/h5-9H,10H2,1-4H3. The van der Waals surface area contributed by atoms with Crippen molar-refractivity contribution in [3.63, 3.8) is 0 Å². The van der Waals surface area contributed by atoms with Crippen molar-refractivity contribution < 1.29 is 4.79 Å². The van der Waals surface area contributed by atoms with Crippen LogP contribution in [0, 0.1) is 20.8 Å². The number of fused-ring (bicyclic) bond motifs is 1. The first-order chi connectivity index (χ1) is 11.0. The van der Waals surface area contributed by atoms with Crippen LogP contribution in [0.2, 0.25) is 0 Å². The molecule has 23 heavy (non-hydrogen) atoms. The molecule has 0 unspecified atom stereocenters. The number of amides is 1. The molecule has 3 aromatic rings. The molecule has 1 amide bonds. The average molecular weight is 325 g/mol. The number of thiophene rings is 1. The quantitative estimate of drug-likeness (QED) is 0.734. The smallest absolute Gasteiger partial charge is 0.254 e. The third-order valence-electron chi connectivity index (χ3n) is 4.02. The molecule has 3 rings (SSSR count). The molecule has 0 saturated carbocycles. The van der Waals surface area contributed by atoms with Crippen molar-refractivity contribution in [2.24, 2.45) is 0 Å². The molecule has 0 spiro atoms. The zero-order chi connectivity index (χ0) is 16.6. The summed E-state index contributed by atoms with van der Waals surface area (Å²) in [7, 11) is 1.83. The van der Waals surface area contributed by atoms with Crippen LogP contribution < -0.4 is 0 Å². The van der Waals surface area contributed by atoms with E-state index in [-0.39, 0.29) is 5.91 Å². The van der Waals surface area contributed by atoms with E-state index in [4.69, 9.17) is 0 Å². The van der Waals surface area contributed by atoms with Gasteiger partial charge in [0.15, 0.2) is 0 Å². The van der Waals surface area contributed by atoms with Gasteiger partial charge in [0, 0.05) is 17.5 Å². The molecule has 0 atom stereocenters. The molecule has 5 heteroatoms. The summed E-state index contributed by atoms with van der Waals surface area (Å²) in [5.41, 5.74) is 5.27. The van der Waals surface area contributed by atoms with Gasteiger partial charge in [-0.25, -0.2) is 9.97 Å². The SMILES string of the molecule is Cc1ccsc1CN(C)C(=O)c1ccc2nc(C)c(C)nc2c1. The second-order valence-corrected chi connectivity index (χ2v) is 6.79. The van der Waals surface area contributed by atoms with Crippen molar-refractivity contribution in [1.82, 2.24) is 14.9 Å². The van der Waals surface area contributed by atoms with Crippen molar-refractivity contribution in [1.29, 1.82) is 0 Å². The first-order valence-electron chi connectivity index (χ1n) is 7.49. The average Bonchev–Trinajstić information content (AvgIpc) is 2.92. The van der Waals surface area contributed by atoms with E-state index in [1.165, 1.54) is 10.4 Å². The number of aryl methyl sites for hydroxylation is 3. The molecule has 4 nitrogen and oxygen atoms in total. The highest BCUT2D eigenvalue weighted by Crippen LogP contribution is 2.20. The lowest BCUT2D eigenvalue weighted by Gasteiger charge is -2.17. The van der Waals surface area contributed by atoms with Gasteiger partial charge >= 0.3 is 0 Å². The highest BCUT2D eigenvalue weighted by Gasteiger charge is 2.15. The van der Waals surface area contributed by atoms with Gasteiger partial charge < -0.3 is 4.90 Å². The number of nitrogens with zero attached hydrogens (tertiary/aromatic N) is 3. The molecule has 0 radical (unpaired) electrons. The van der Waals surface area contributed by atoms with Crippen molar-refractivity contribution in [2.75, 3.05) is 7.05 Å². The van der Waals surface area contributed by atoms with Gasteiger partial charge in [-0.1, -0.05) is 0 Å². The summed E-state index contributed by atoms with van der Waals surface area (Å²) in [5, 5.41) is 2.06. The predicted molar refractivity (Wildman–Crippen MR) is 93.9 cm³/mol. The summed E-state index contributed by atoms with van der Waals surface area (Å²) in [4.78, 5) is 24.7. The van der Waals surface area contributed by atoms with Crippen LogP contribution in [0.15, 0.2) is 29.6 Å². The van der Waals surface area contributed by atoms with E-state index in [0.717, 1.165) is 22.4 Å². The van der Waals surface area contributed by atoms with Crippen LogP contribution in [0.4, 0.5) is 0 Å². The zero-order valence-corrected chi connectivity index (χ0v) is 14.6. The monoisotopic (exact) mass is 325 g/mol. The lowest BCUT2D eigenvalue weighted by Crippen LogP contribution is -2.26. The summed E-state index contributed by atoms with van der Waals surface area (Å²) in [5.74, 6) is -0.000252.